The quantitative estimate of drug-likeness (QED) is 0.0278. The summed E-state index contributed by atoms with van der Waals surface area (Å²) in [4.78, 5) is 35.4. The maximum Gasteiger partial charge on any atom is 0.472 e. The Morgan fingerprint density at radius 3 is 1.03 bits per heavy atom. The lowest BCUT2D eigenvalue weighted by atomic mass is 10.0. The third kappa shape index (κ3) is 48.5. The van der Waals surface area contributed by atoms with E-state index in [1.165, 1.54) is 205 Å². The molecule has 0 aliphatic carbocycles. The lowest BCUT2D eigenvalue weighted by Gasteiger charge is -2.24. The molecule has 0 bridgehead atoms. The van der Waals surface area contributed by atoms with Crippen LogP contribution in [0.15, 0.2) is 0 Å². The molecule has 10 heteroatoms. The molecule has 0 amide bonds. The summed E-state index contributed by atoms with van der Waals surface area (Å²) in [6.07, 6.45) is 49.1. The van der Waals surface area contributed by atoms with Crippen molar-refractivity contribution in [2.24, 2.45) is 0 Å². The zero-order chi connectivity index (χ0) is 45.7. The van der Waals surface area contributed by atoms with Gasteiger partial charge < -0.3 is 18.9 Å². The molecule has 0 aliphatic rings. The second-order valence-electron chi connectivity index (χ2n) is 19.6. The predicted molar refractivity (Wildman–Crippen MR) is 261 cm³/mol. The van der Waals surface area contributed by atoms with Crippen molar-refractivity contribution in [2.75, 3.05) is 47.5 Å². The Labute approximate surface area is 384 Å². The van der Waals surface area contributed by atoms with Gasteiger partial charge in [0.2, 0.25) is 0 Å². The number of unbranched alkanes of at least 4 members (excludes halogenated alkanes) is 36. The van der Waals surface area contributed by atoms with Crippen molar-refractivity contribution >= 4 is 19.8 Å². The topological polar surface area (TPSA) is 108 Å². The Hall–Kier alpha value is -0.990. The van der Waals surface area contributed by atoms with E-state index in [1.54, 1.807) is 0 Å². The van der Waals surface area contributed by atoms with Gasteiger partial charge in [0, 0.05) is 12.8 Å². The summed E-state index contributed by atoms with van der Waals surface area (Å²) in [5.74, 6) is -0.784. The largest absolute Gasteiger partial charge is 0.472 e. The molecule has 0 aromatic heterocycles. The number of phosphoric acid groups is 1. The number of carbonyl (C=O) groups excluding carboxylic acids is 2. The molecular formula is C52H105NO8P+. The Balaban J connectivity index is 3.96. The van der Waals surface area contributed by atoms with Crippen molar-refractivity contribution in [2.45, 2.75) is 277 Å². The smallest absolute Gasteiger partial charge is 0.462 e. The highest BCUT2D eigenvalue weighted by Crippen LogP contribution is 2.43. The molecule has 0 aliphatic heterocycles. The van der Waals surface area contributed by atoms with Crippen LogP contribution in [0.4, 0.5) is 0 Å². The molecule has 0 rings (SSSR count). The van der Waals surface area contributed by atoms with Crippen LogP contribution in [0, 0.1) is 0 Å². The molecule has 9 nitrogen and oxygen atoms in total. The number of hydrogen-bond acceptors (Lipinski definition) is 7. The van der Waals surface area contributed by atoms with Gasteiger partial charge in [0.1, 0.15) is 19.8 Å². The Kier molecular flexibility index (Phi) is 44.5. The van der Waals surface area contributed by atoms with Gasteiger partial charge in [-0.1, -0.05) is 245 Å². The number of nitrogens with zero attached hydrogens (tertiary/aromatic N) is 1. The van der Waals surface area contributed by atoms with Crippen LogP contribution in [0.3, 0.4) is 0 Å². The van der Waals surface area contributed by atoms with Crippen LogP contribution in [-0.2, 0) is 32.7 Å². The minimum absolute atomic E-state index is 0.0368. The molecule has 0 aromatic rings. The first-order valence-electron chi connectivity index (χ1n) is 26.8. The van der Waals surface area contributed by atoms with Gasteiger partial charge in [-0.15, -0.1) is 0 Å². The van der Waals surface area contributed by atoms with E-state index in [0.29, 0.717) is 17.4 Å². The molecule has 2 unspecified atom stereocenters. The molecule has 370 valence electrons. The summed E-state index contributed by atoms with van der Waals surface area (Å²) >= 11 is 0. The Morgan fingerprint density at radius 1 is 0.435 bits per heavy atom. The van der Waals surface area contributed by atoms with Crippen LogP contribution in [0.5, 0.6) is 0 Å². The van der Waals surface area contributed by atoms with Gasteiger partial charge in [0.25, 0.3) is 0 Å². The number of rotatable bonds is 50. The fourth-order valence-electron chi connectivity index (χ4n) is 7.96. The molecule has 62 heavy (non-hydrogen) atoms. The predicted octanol–water partition coefficient (Wildman–Crippen LogP) is 15.9. The third-order valence-electron chi connectivity index (χ3n) is 12.1. The van der Waals surface area contributed by atoms with Gasteiger partial charge >= 0.3 is 19.8 Å². The first-order valence-corrected chi connectivity index (χ1v) is 28.3. The van der Waals surface area contributed by atoms with Crippen LogP contribution in [0.2, 0.25) is 0 Å². The van der Waals surface area contributed by atoms with E-state index in [2.05, 4.69) is 13.8 Å². The lowest BCUT2D eigenvalue weighted by Crippen LogP contribution is -2.37. The lowest BCUT2D eigenvalue weighted by molar-refractivity contribution is -0.870. The van der Waals surface area contributed by atoms with E-state index >= 15 is 0 Å². The molecule has 0 heterocycles. The molecule has 0 saturated heterocycles. The van der Waals surface area contributed by atoms with E-state index < -0.39 is 26.5 Å². The van der Waals surface area contributed by atoms with Gasteiger partial charge in [0.05, 0.1) is 27.7 Å². The van der Waals surface area contributed by atoms with Crippen LogP contribution >= 0.6 is 7.82 Å². The summed E-state index contributed by atoms with van der Waals surface area (Å²) < 4.78 is 34.4. The van der Waals surface area contributed by atoms with Gasteiger partial charge in [-0.25, -0.2) is 4.57 Å². The molecular weight excluding hydrogens is 798 g/mol. The standard InChI is InChI=1S/C52H104NO8P/c1-6-8-10-12-14-16-17-18-19-20-21-22-23-24-25-26-27-28-29-30-31-32-33-34-35-37-39-41-43-45-52(55)61-50(49-60-62(56,57)59-47-46-53(3,4)5)48-58-51(54)44-42-40-38-36-15-13-11-9-7-2/h50H,6-49H2,1-5H3/p+1. The number of likely N-dealkylation sites (N-methyl/N-ethyl adjacent to an activating group) is 1. The first kappa shape index (κ1) is 61.0. The molecule has 0 saturated carbocycles. The average Bonchev–Trinajstić information content (AvgIpc) is 3.23. The maximum absolute atomic E-state index is 12.7. The van der Waals surface area contributed by atoms with Crippen molar-refractivity contribution in [3.05, 3.63) is 0 Å². The summed E-state index contributed by atoms with van der Waals surface area (Å²) in [5, 5.41) is 0. The molecule has 0 spiro atoms. The van der Waals surface area contributed by atoms with Crippen LogP contribution in [0.1, 0.15) is 271 Å². The highest BCUT2D eigenvalue weighted by molar-refractivity contribution is 7.47. The summed E-state index contributed by atoms with van der Waals surface area (Å²) in [6, 6.07) is 0. The zero-order valence-electron chi connectivity index (χ0n) is 41.9. The van der Waals surface area contributed by atoms with Crippen molar-refractivity contribution in [3.63, 3.8) is 0 Å². The number of carbonyl (C=O) groups is 2. The van der Waals surface area contributed by atoms with E-state index in [4.69, 9.17) is 18.5 Å². The average molecular weight is 903 g/mol. The molecule has 2 atom stereocenters. The zero-order valence-corrected chi connectivity index (χ0v) is 42.8. The van der Waals surface area contributed by atoms with E-state index in [0.717, 1.165) is 38.5 Å². The van der Waals surface area contributed by atoms with Crippen molar-refractivity contribution in [1.29, 1.82) is 0 Å². The molecule has 0 radical (unpaired) electrons. The summed E-state index contributed by atoms with van der Waals surface area (Å²) in [5.41, 5.74) is 0. The van der Waals surface area contributed by atoms with Gasteiger partial charge in [-0.2, -0.15) is 0 Å². The van der Waals surface area contributed by atoms with E-state index in [-0.39, 0.29) is 25.6 Å². The summed E-state index contributed by atoms with van der Waals surface area (Å²) in [6.45, 7) is 4.45. The molecule has 0 fully saturated rings. The highest BCUT2D eigenvalue weighted by atomic mass is 31.2. The van der Waals surface area contributed by atoms with Gasteiger partial charge in [-0.3, -0.25) is 18.6 Å². The number of esters is 2. The monoisotopic (exact) mass is 903 g/mol. The van der Waals surface area contributed by atoms with Gasteiger partial charge in [-0.05, 0) is 12.8 Å². The summed E-state index contributed by atoms with van der Waals surface area (Å²) in [7, 11) is 1.50. The van der Waals surface area contributed by atoms with Crippen LogP contribution in [0.25, 0.3) is 0 Å². The molecule has 0 aromatic carbocycles. The highest BCUT2D eigenvalue weighted by Gasteiger charge is 2.27. The van der Waals surface area contributed by atoms with E-state index in [1.807, 2.05) is 21.1 Å². The molecule has 1 N–H and O–H groups in total. The van der Waals surface area contributed by atoms with Crippen LogP contribution in [-0.4, -0.2) is 74.9 Å². The number of phosphoric ester groups is 1. The van der Waals surface area contributed by atoms with Crippen molar-refractivity contribution in [3.8, 4) is 0 Å². The number of quaternary nitrogens is 1. The van der Waals surface area contributed by atoms with Crippen LogP contribution < -0.4 is 0 Å². The fourth-order valence-corrected chi connectivity index (χ4v) is 8.70. The van der Waals surface area contributed by atoms with Crippen molar-refractivity contribution in [1.82, 2.24) is 0 Å². The number of hydrogen-bond donors (Lipinski definition) is 1. The normalized spacial score (nSPS) is 13.3. The number of ether oxygens (including phenoxy) is 2. The minimum Gasteiger partial charge on any atom is -0.462 e. The Morgan fingerprint density at radius 2 is 0.726 bits per heavy atom. The second-order valence-corrected chi connectivity index (χ2v) is 21.1. The second kappa shape index (κ2) is 45.2. The van der Waals surface area contributed by atoms with Gasteiger partial charge in [0.15, 0.2) is 6.10 Å². The minimum atomic E-state index is -4.37. The van der Waals surface area contributed by atoms with E-state index in [9.17, 15) is 19.0 Å². The fraction of sp³-hybridized carbons (Fsp3) is 0.962. The SMILES string of the molecule is CCCCCCCCCCCCCCCCCCCCCCCCCCCCCCCC(=O)OC(COC(=O)CCCCCCCCCCC)COP(=O)(O)OCC[N+](C)(C)C. The first-order chi connectivity index (χ1) is 30.0. The maximum atomic E-state index is 12.7. The Bertz CT molecular complexity index is 1020. The van der Waals surface area contributed by atoms with Crippen molar-refractivity contribution < 1.29 is 42.1 Å². The third-order valence-corrected chi connectivity index (χ3v) is 13.1.